The third-order valence-electron chi connectivity index (χ3n) is 1.41. The van der Waals surface area contributed by atoms with Crippen molar-refractivity contribution < 1.29 is 18.3 Å². The van der Waals surface area contributed by atoms with Gasteiger partial charge in [0.05, 0.1) is 0 Å². The van der Waals surface area contributed by atoms with Crippen molar-refractivity contribution in [3.63, 3.8) is 0 Å². The van der Waals surface area contributed by atoms with E-state index >= 15 is 0 Å². The molecular weight excluding hydrogens is 224 g/mol. The first-order valence-electron chi connectivity index (χ1n) is 3.68. The Balaban J connectivity index is 2.55. The fourth-order valence-electron chi connectivity index (χ4n) is 0.791. The summed E-state index contributed by atoms with van der Waals surface area (Å²) in [6.07, 6.45) is 0. The molecule has 0 heterocycles. The molecule has 1 aromatic carbocycles. The van der Waals surface area contributed by atoms with Gasteiger partial charge < -0.3 is 4.74 Å². The van der Waals surface area contributed by atoms with Crippen LogP contribution in [0.5, 0.6) is 0 Å². The summed E-state index contributed by atoms with van der Waals surface area (Å²) in [4.78, 5) is 10.8. The van der Waals surface area contributed by atoms with Crippen molar-refractivity contribution in [3.8, 4) is 0 Å². The molecule has 1 rings (SSSR count). The minimum atomic E-state index is -3.90. The SMILES string of the molecule is O=C(OCc1ccccc1)S(=O)(O)=S. The Labute approximate surface area is 86.4 Å². The maximum atomic E-state index is 10.8. The van der Waals surface area contributed by atoms with E-state index in [1.807, 2.05) is 6.07 Å². The molecule has 76 valence electrons. The van der Waals surface area contributed by atoms with Gasteiger partial charge in [-0.15, -0.1) is 0 Å². The molecule has 0 amide bonds. The van der Waals surface area contributed by atoms with Crippen molar-refractivity contribution in [3.05, 3.63) is 35.9 Å². The molecule has 0 aliphatic rings. The highest BCUT2D eigenvalue weighted by Gasteiger charge is 2.15. The van der Waals surface area contributed by atoms with E-state index < -0.39 is 14.1 Å². The molecule has 0 radical (unpaired) electrons. The van der Waals surface area contributed by atoms with E-state index in [0.29, 0.717) is 0 Å². The van der Waals surface area contributed by atoms with Gasteiger partial charge in [0.15, 0.2) is 0 Å². The summed E-state index contributed by atoms with van der Waals surface area (Å²) < 4.78 is 23.8. The molecule has 6 heteroatoms. The lowest BCUT2D eigenvalue weighted by atomic mass is 10.2. The van der Waals surface area contributed by atoms with Crippen LogP contribution in [0.15, 0.2) is 30.3 Å². The molecule has 0 saturated carbocycles. The maximum absolute atomic E-state index is 10.8. The van der Waals surface area contributed by atoms with Gasteiger partial charge in [-0.25, -0.2) is 9.00 Å². The molecule has 0 aliphatic heterocycles. The van der Waals surface area contributed by atoms with Gasteiger partial charge in [0, 0.05) is 11.2 Å². The van der Waals surface area contributed by atoms with Gasteiger partial charge in [0.2, 0.25) is 8.77 Å². The number of ether oxygens (including phenoxy) is 1. The van der Waals surface area contributed by atoms with E-state index in [0.717, 1.165) is 5.56 Å². The standard InChI is InChI=1S/C8H8O4S2/c9-8(14(10,11)13)12-6-7-4-2-1-3-5-7/h1-5H,6H2,(H,10,11,13). The average Bonchev–Trinajstić information content (AvgIpc) is 2.14. The highest BCUT2D eigenvalue weighted by molar-refractivity contribution is 8.38. The predicted octanol–water partition coefficient (Wildman–Crippen LogP) is 1.54. The summed E-state index contributed by atoms with van der Waals surface area (Å²) in [6.45, 7) is -0.0478. The second-order valence-electron chi connectivity index (χ2n) is 2.50. The predicted molar refractivity (Wildman–Crippen MR) is 54.8 cm³/mol. The Hall–Kier alpha value is -0.980. The van der Waals surface area contributed by atoms with Crippen LogP contribution in [0.4, 0.5) is 4.79 Å². The lowest BCUT2D eigenvalue weighted by Crippen LogP contribution is -2.13. The molecule has 4 nitrogen and oxygen atoms in total. The third kappa shape index (κ3) is 3.41. The summed E-state index contributed by atoms with van der Waals surface area (Å²) in [6, 6.07) is 8.82. The van der Waals surface area contributed by atoms with Crippen molar-refractivity contribution in [2.45, 2.75) is 6.61 Å². The van der Waals surface area contributed by atoms with Gasteiger partial charge in [-0.2, -0.15) is 0 Å². The zero-order chi connectivity index (χ0) is 10.6. The van der Waals surface area contributed by atoms with Gasteiger partial charge in [-0.05, 0) is 5.56 Å². The molecule has 1 aromatic rings. The van der Waals surface area contributed by atoms with Crippen molar-refractivity contribution in [2.75, 3.05) is 0 Å². The van der Waals surface area contributed by atoms with E-state index in [1.165, 1.54) is 0 Å². The normalized spacial score (nSPS) is 14.4. The van der Waals surface area contributed by atoms with Crippen LogP contribution < -0.4 is 0 Å². The Morgan fingerprint density at radius 2 is 2.00 bits per heavy atom. The summed E-state index contributed by atoms with van der Waals surface area (Å²) in [5, 5.41) is -1.27. The molecular formula is C8H8O4S2. The number of carbonyl (C=O) groups is 1. The van der Waals surface area contributed by atoms with Crippen LogP contribution in [0.1, 0.15) is 5.56 Å². The van der Waals surface area contributed by atoms with Gasteiger partial charge in [-0.1, -0.05) is 30.3 Å². The molecule has 1 N–H and O–H groups in total. The van der Waals surface area contributed by atoms with Crippen LogP contribution in [0.25, 0.3) is 0 Å². The van der Waals surface area contributed by atoms with Crippen molar-refractivity contribution in [2.24, 2.45) is 0 Å². The minimum Gasteiger partial charge on any atom is -0.449 e. The fraction of sp³-hybridized carbons (Fsp3) is 0.125. The Bertz CT molecular complexity index is 410. The smallest absolute Gasteiger partial charge is 0.425 e. The third-order valence-corrected chi connectivity index (χ3v) is 2.36. The molecule has 0 saturated heterocycles. The van der Waals surface area contributed by atoms with Crippen molar-refractivity contribution in [1.29, 1.82) is 0 Å². The van der Waals surface area contributed by atoms with Gasteiger partial charge in [-0.3, -0.25) is 4.55 Å². The number of hydrogen-bond donors (Lipinski definition) is 1. The second-order valence-corrected chi connectivity index (χ2v) is 5.14. The second kappa shape index (κ2) is 4.50. The van der Waals surface area contributed by atoms with Crippen molar-refractivity contribution >= 4 is 25.3 Å². The molecule has 0 bridgehead atoms. The van der Waals surface area contributed by atoms with E-state index in [1.54, 1.807) is 24.3 Å². The summed E-state index contributed by atoms with van der Waals surface area (Å²) in [5.74, 6) is 0. The van der Waals surface area contributed by atoms with Gasteiger partial charge in [0.1, 0.15) is 6.61 Å². The van der Waals surface area contributed by atoms with Crippen LogP contribution in [-0.4, -0.2) is 14.1 Å². The van der Waals surface area contributed by atoms with Crippen LogP contribution in [-0.2, 0) is 31.3 Å². The summed E-state index contributed by atoms with van der Waals surface area (Å²) in [5.41, 5.74) is 0.736. The average molecular weight is 232 g/mol. The van der Waals surface area contributed by atoms with E-state index in [2.05, 4.69) is 15.9 Å². The van der Waals surface area contributed by atoms with Crippen LogP contribution in [0, 0.1) is 0 Å². The molecule has 0 aliphatic carbocycles. The Morgan fingerprint density at radius 3 is 2.50 bits per heavy atom. The fourth-order valence-corrected chi connectivity index (χ4v) is 1.14. The number of rotatable bonds is 2. The monoisotopic (exact) mass is 232 g/mol. The molecule has 1 unspecified atom stereocenters. The van der Waals surface area contributed by atoms with E-state index in [4.69, 9.17) is 4.55 Å². The zero-order valence-corrected chi connectivity index (χ0v) is 8.72. The Morgan fingerprint density at radius 1 is 1.43 bits per heavy atom. The number of hydrogen-bond acceptors (Lipinski definition) is 4. The molecule has 0 fully saturated rings. The highest BCUT2D eigenvalue weighted by Crippen LogP contribution is 2.02. The lowest BCUT2D eigenvalue weighted by Gasteiger charge is -2.02. The zero-order valence-electron chi connectivity index (χ0n) is 7.08. The molecule has 14 heavy (non-hydrogen) atoms. The van der Waals surface area contributed by atoms with Gasteiger partial charge >= 0.3 is 5.30 Å². The van der Waals surface area contributed by atoms with Crippen LogP contribution in [0.3, 0.4) is 0 Å². The van der Waals surface area contributed by atoms with Crippen molar-refractivity contribution in [1.82, 2.24) is 0 Å². The Kier molecular flexibility index (Phi) is 3.56. The van der Waals surface area contributed by atoms with E-state index in [9.17, 15) is 9.00 Å². The molecule has 0 aromatic heterocycles. The first-order valence-corrected chi connectivity index (χ1v) is 6.12. The quantitative estimate of drug-likeness (QED) is 0.784. The molecule has 1 atom stereocenters. The summed E-state index contributed by atoms with van der Waals surface area (Å²) >= 11 is 4.03. The topological polar surface area (TPSA) is 63.6 Å². The highest BCUT2D eigenvalue weighted by atomic mass is 32.8. The van der Waals surface area contributed by atoms with E-state index in [-0.39, 0.29) is 6.61 Å². The largest absolute Gasteiger partial charge is 0.449 e. The maximum Gasteiger partial charge on any atom is 0.425 e. The van der Waals surface area contributed by atoms with Gasteiger partial charge in [0.25, 0.3) is 0 Å². The number of carbonyl (C=O) groups excluding carboxylic acids is 1. The lowest BCUT2D eigenvalue weighted by molar-refractivity contribution is 0.165. The number of benzene rings is 1. The summed E-state index contributed by atoms with van der Waals surface area (Å²) in [7, 11) is -3.90. The van der Waals surface area contributed by atoms with Crippen LogP contribution in [0.2, 0.25) is 0 Å². The first-order chi connectivity index (χ1) is 6.50. The van der Waals surface area contributed by atoms with Crippen LogP contribution >= 0.6 is 0 Å². The minimum absolute atomic E-state index is 0.0478. The first kappa shape index (κ1) is 11.1. The molecule has 0 spiro atoms.